The quantitative estimate of drug-likeness (QED) is 0.353. The summed E-state index contributed by atoms with van der Waals surface area (Å²) >= 11 is 0. The largest absolute Gasteiger partial charge is 0.351 e. The van der Waals surface area contributed by atoms with E-state index < -0.39 is 0 Å². The van der Waals surface area contributed by atoms with E-state index in [4.69, 9.17) is 5.84 Å². The first-order valence-electron chi connectivity index (χ1n) is 6.41. The van der Waals surface area contributed by atoms with Gasteiger partial charge in [-0.3, -0.25) is 9.89 Å². The average Bonchev–Trinajstić information content (AvgIpc) is 2.89. The molecule has 7 heteroatoms. The highest BCUT2D eigenvalue weighted by Gasteiger charge is 2.07. The predicted octanol–water partition coefficient (Wildman–Crippen LogP) is 0.761. The Morgan fingerprint density at radius 3 is 3.00 bits per heavy atom. The monoisotopic (exact) mass is 274 g/mol. The molecule has 0 aliphatic carbocycles. The normalized spacial score (nSPS) is 10.3. The minimum atomic E-state index is -0.203. The fourth-order valence-electron chi connectivity index (χ4n) is 1.84. The maximum absolute atomic E-state index is 11.9. The lowest BCUT2D eigenvalue weighted by molar-refractivity contribution is 0.0948. The molecular formula is C13H18N6O. The number of aromatic nitrogens is 3. The van der Waals surface area contributed by atoms with Crippen molar-refractivity contribution in [2.24, 2.45) is 5.84 Å². The number of hydrogen-bond donors (Lipinski definition) is 4. The van der Waals surface area contributed by atoms with Gasteiger partial charge in [0.1, 0.15) is 11.5 Å². The summed E-state index contributed by atoms with van der Waals surface area (Å²) in [7, 11) is 0. The maximum atomic E-state index is 11.9. The Hall–Kier alpha value is -2.41. The minimum absolute atomic E-state index is 0.203. The van der Waals surface area contributed by atoms with Crippen LogP contribution in [0.3, 0.4) is 0 Å². The molecule has 2 rings (SSSR count). The number of H-pyrrole nitrogens is 1. The number of anilines is 1. The van der Waals surface area contributed by atoms with Gasteiger partial charge in [-0.15, -0.1) is 0 Å². The molecule has 0 aliphatic heterocycles. The molecule has 0 radical (unpaired) electrons. The predicted molar refractivity (Wildman–Crippen MR) is 76.0 cm³/mol. The Bertz CT molecular complexity index is 580. The number of carbonyl (C=O) groups is 1. The maximum Gasteiger partial charge on any atom is 0.269 e. The zero-order chi connectivity index (χ0) is 14.4. The van der Waals surface area contributed by atoms with Gasteiger partial charge in [0.05, 0.1) is 6.20 Å². The topological polar surface area (TPSA) is 109 Å². The first-order chi connectivity index (χ1) is 9.70. The molecule has 1 amide bonds. The zero-order valence-electron chi connectivity index (χ0n) is 11.3. The second-order valence-corrected chi connectivity index (χ2v) is 4.43. The summed E-state index contributed by atoms with van der Waals surface area (Å²) in [4.78, 5) is 16.0. The molecular weight excluding hydrogens is 256 g/mol. The molecule has 20 heavy (non-hydrogen) atoms. The third kappa shape index (κ3) is 3.55. The van der Waals surface area contributed by atoms with Crippen LogP contribution >= 0.6 is 0 Å². The number of nitrogen functional groups attached to an aromatic ring is 1. The summed E-state index contributed by atoms with van der Waals surface area (Å²) in [6.07, 6.45) is 3.54. The van der Waals surface area contributed by atoms with Crippen molar-refractivity contribution in [3.05, 3.63) is 41.3 Å². The van der Waals surface area contributed by atoms with Gasteiger partial charge in [0.2, 0.25) is 0 Å². The average molecular weight is 274 g/mol. The van der Waals surface area contributed by atoms with Crippen LogP contribution < -0.4 is 16.6 Å². The smallest absolute Gasteiger partial charge is 0.269 e. The first kappa shape index (κ1) is 14.0. The highest BCUT2D eigenvalue weighted by Crippen LogP contribution is 2.06. The number of aryl methyl sites for hydroxylation is 2. The Kier molecular flexibility index (Phi) is 4.67. The van der Waals surface area contributed by atoms with E-state index in [2.05, 4.69) is 25.9 Å². The molecule has 7 nitrogen and oxygen atoms in total. The van der Waals surface area contributed by atoms with Crippen LogP contribution in [-0.2, 0) is 6.42 Å². The third-order valence-electron chi connectivity index (χ3n) is 2.97. The van der Waals surface area contributed by atoms with Crippen LogP contribution in [0.5, 0.6) is 0 Å². The summed E-state index contributed by atoms with van der Waals surface area (Å²) in [5.41, 5.74) is 5.00. The van der Waals surface area contributed by atoms with Crippen LogP contribution in [0.4, 0.5) is 5.82 Å². The summed E-state index contributed by atoms with van der Waals surface area (Å²) in [6.45, 7) is 2.57. The first-order valence-corrected chi connectivity index (χ1v) is 6.41. The lowest BCUT2D eigenvalue weighted by Crippen LogP contribution is -2.26. The number of pyridine rings is 1. The molecule has 106 valence electrons. The summed E-state index contributed by atoms with van der Waals surface area (Å²) in [6, 6.07) is 5.07. The van der Waals surface area contributed by atoms with Gasteiger partial charge in [0, 0.05) is 12.2 Å². The van der Waals surface area contributed by atoms with E-state index in [1.807, 2.05) is 13.1 Å². The number of hydrogen-bond acceptors (Lipinski definition) is 5. The number of nitrogens with zero attached hydrogens (tertiary/aromatic N) is 2. The third-order valence-corrected chi connectivity index (χ3v) is 2.97. The number of hydrazine groups is 1. The van der Waals surface area contributed by atoms with Crippen molar-refractivity contribution in [2.75, 3.05) is 12.0 Å². The van der Waals surface area contributed by atoms with Gasteiger partial charge in [-0.05, 0) is 37.5 Å². The molecule has 2 aromatic rings. The van der Waals surface area contributed by atoms with E-state index in [0.717, 1.165) is 18.5 Å². The van der Waals surface area contributed by atoms with Gasteiger partial charge in [-0.25, -0.2) is 10.8 Å². The molecule has 0 unspecified atom stereocenters. The number of nitrogens with two attached hydrogens (primary N) is 1. The number of rotatable bonds is 6. The molecule has 2 heterocycles. The van der Waals surface area contributed by atoms with Crippen LogP contribution in [0, 0.1) is 6.92 Å². The fourth-order valence-corrected chi connectivity index (χ4v) is 1.84. The molecule has 0 aliphatic rings. The second kappa shape index (κ2) is 6.67. The molecule has 0 atom stereocenters. The summed E-state index contributed by atoms with van der Waals surface area (Å²) in [5, 5.41) is 9.68. The summed E-state index contributed by atoms with van der Waals surface area (Å²) < 4.78 is 0. The molecule has 0 saturated heterocycles. The van der Waals surface area contributed by atoms with E-state index in [1.54, 1.807) is 18.2 Å². The lowest BCUT2D eigenvalue weighted by Gasteiger charge is -2.06. The van der Waals surface area contributed by atoms with Crippen LogP contribution in [-0.4, -0.2) is 27.6 Å². The van der Waals surface area contributed by atoms with Crippen molar-refractivity contribution in [3.63, 3.8) is 0 Å². The Morgan fingerprint density at radius 2 is 2.30 bits per heavy atom. The zero-order valence-corrected chi connectivity index (χ0v) is 11.3. The van der Waals surface area contributed by atoms with E-state index in [1.165, 1.54) is 5.56 Å². The minimum Gasteiger partial charge on any atom is -0.351 e. The molecule has 0 bridgehead atoms. The van der Waals surface area contributed by atoms with Gasteiger partial charge in [-0.2, -0.15) is 5.10 Å². The van der Waals surface area contributed by atoms with E-state index in [-0.39, 0.29) is 5.91 Å². The Balaban J connectivity index is 1.79. The second-order valence-electron chi connectivity index (χ2n) is 4.43. The van der Waals surface area contributed by atoms with E-state index >= 15 is 0 Å². The standard InChI is InChI=1S/C13H18N6O/c1-9-10(8-16-19-9)4-3-7-15-13(20)11-5-2-6-12(17-11)18-14/h2,5-6,8H,3-4,7,14H2,1H3,(H,15,20)(H,16,19)(H,17,18). The van der Waals surface area contributed by atoms with Crippen LogP contribution in [0.1, 0.15) is 28.2 Å². The molecule has 0 saturated carbocycles. The van der Waals surface area contributed by atoms with Gasteiger partial charge in [0.25, 0.3) is 5.91 Å². The van der Waals surface area contributed by atoms with Gasteiger partial charge in [0.15, 0.2) is 0 Å². The van der Waals surface area contributed by atoms with E-state index in [9.17, 15) is 4.79 Å². The van der Waals surface area contributed by atoms with E-state index in [0.29, 0.717) is 18.1 Å². The van der Waals surface area contributed by atoms with Crippen molar-refractivity contribution < 1.29 is 4.79 Å². The van der Waals surface area contributed by atoms with Gasteiger partial charge in [-0.1, -0.05) is 6.07 Å². The highest BCUT2D eigenvalue weighted by molar-refractivity contribution is 5.92. The van der Waals surface area contributed by atoms with Crippen molar-refractivity contribution in [1.29, 1.82) is 0 Å². The SMILES string of the molecule is Cc1[nH]ncc1CCCNC(=O)c1cccc(NN)n1. The van der Waals surface area contributed by atoms with Gasteiger partial charge >= 0.3 is 0 Å². The Labute approximate surface area is 117 Å². The van der Waals surface area contributed by atoms with Crippen molar-refractivity contribution in [1.82, 2.24) is 20.5 Å². The molecule has 0 fully saturated rings. The fraction of sp³-hybridized carbons (Fsp3) is 0.308. The molecule has 0 aromatic carbocycles. The van der Waals surface area contributed by atoms with Crippen LogP contribution in [0.25, 0.3) is 0 Å². The van der Waals surface area contributed by atoms with Crippen LogP contribution in [0.15, 0.2) is 24.4 Å². The number of carbonyl (C=O) groups excluding carboxylic acids is 1. The molecule has 2 aromatic heterocycles. The van der Waals surface area contributed by atoms with Gasteiger partial charge < -0.3 is 10.7 Å². The Morgan fingerprint density at radius 1 is 1.45 bits per heavy atom. The van der Waals surface area contributed by atoms with Crippen LogP contribution in [0.2, 0.25) is 0 Å². The number of aromatic amines is 1. The summed E-state index contributed by atoms with van der Waals surface area (Å²) in [5.74, 6) is 5.52. The highest BCUT2D eigenvalue weighted by atomic mass is 16.1. The number of amides is 1. The van der Waals surface area contributed by atoms with Crippen molar-refractivity contribution >= 4 is 11.7 Å². The van der Waals surface area contributed by atoms with Crippen molar-refractivity contribution in [2.45, 2.75) is 19.8 Å². The van der Waals surface area contributed by atoms with Crippen molar-refractivity contribution in [3.8, 4) is 0 Å². The molecule has 5 N–H and O–H groups in total. The number of nitrogens with one attached hydrogen (secondary N) is 3. The molecule has 0 spiro atoms. The lowest BCUT2D eigenvalue weighted by atomic mass is 10.1.